The molecule has 3 atom stereocenters. The number of likely N-dealkylation sites (tertiary alicyclic amines) is 1. The zero-order chi connectivity index (χ0) is 32.0. The van der Waals surface area contributed by atoms with Gasteiger partial charge in [-0.25, -0.2) is 4.98 Å². The molecule has 3 saturated heterocycles. The lowest BCUT2D eigenvalue weighted by Crippen LogP contribution is -2.60. The minimum absolute atomic E-state index is 0.00709. The zero-order valence-electron chi connectivity index (χ0n) is 27.2. The molecule has 46 heavy (non-hydrogen) atoms. The third-order valence-corrected chi connectivity index (χ3v) is 10.00. The number of amides is 3. The van der Waals surface area contributed by atoms with Crippen molar-refractivity contribution in [3.63, 3.8) is 0 Å². The van der Waals surface area contributed by atoms with E-state index < -0.39 is 0 Å². The fourth-order valence-electron chi connectivity index (χ4n) is 7.74. The van der Waals surface area contributed by atoms with Gasteiger partial charge in [0.15, 0.2) is 11.5 Å². The zero-order valence-corrected chi connectivity index (χ0v) is 27.2. The van der Waals surface area contributed by atoms with Gasteiger partial charge < -0.3 is 34.2 Å². The van der Waals surface area contributed by atoms with Crippen molar-refractivity contribution in [2.45, 2.75) is 57.4 Å². The van der Waals surface area contributed by atoms with Crippen LogP contribution in [0, 0.1) is 11.8 Å². The molecule has 0 unspecified atom stereocenters. The van der Waals surface area contributed by atoms with E-state index in [0.29, 0.717) is 82.1 Å². The second-order valence-corrected chi connectivity index (χ2v) is 13.0. The molecule has 0 spiro atoms. The Morgan fingerprint density at radius 1 is 0.978 bits per heavy atom. The standard InChI is InChI=1S/C35H47N5O6/c1-44-30-19-24-8-11-33(42)40-22-25-18-28(29(40)6-3-7-32(41)36-12-4-5-26(17-24)34(30)45-2)23-39(21-25)35(43)27-9-10-31(37-20-27)38-13-15-46-16-14-38/h9-10,17,19-20,25,28-29H,3-8,11-16,18,21-23H2,1-2H3,(H,36,41)/t25-,28-,29-/m0/s1. The Morgan fingerprint density at radius 2 is 1.83 bits per heavy atom. The number of fused-ring (bicyclic) bond motifs is 6. The van der Waals surface area contributed by atoms with Gasteiger partial charge in [0, 0.05) is 64.3 Å². The molecule has 1 aromatic carbocycles. The Bertz CT molecular complexity index is 1390. The molecule has 1 aromatic heterocycles. The summed E-state index contributed by atoms with van der Waals surface area (Å²) in [5, 5.41) is 3.07. The van der Waals surface area contributed by atoms with E-state index in [1.165, 1.54) is 0 Å². The molecule has 5 heterocycles. The Hall–Kier alpha value is -3.86. The molecular weight excluding hydrogens is 586 g/mol. The highest BCUT2D eigenvalue weighted by molar-refractivity contribution is 5.94. The van der Waals surface area contributed by atoms with Crippen LogP contribution in [0.3, 0.4) is 0 Å². The number of morpholine rings is 1. The van der Waals surface area contributed by atoms with E-state index in [9.17, 15) is 14.4 Å². The minimum atomic E-state index is -0.0113. The lowest BCUT2D eigenvalue weighted by atomic mass is 9.77. The van der Waals surface area contributed by atoms with Gasteiger partial charge in [0.1, 0.15) is 5.82 Å². The van der Waals surface area contributed by atoms with Crippen LogP contribution < -0.4 is 19.7 Å². The highest BCUT2D eigenvalue weighted by Gasteiger charge is 2.43. The van der Waals surface area contributed by atoms with Gasteiger partial charge in [-0.1, -0.05) is 6.07 Å². The summed E-state index contributed by atoms with van der Waals surface area (Å²) in [6, 6.07) is 7.87. The molecule has 0 saturated carbocycles. The molecule has 0 radical (unpaired) electrons. The smallest absolute Gasteiger partial charge is 0.255 e. The Kier molecular flexibility index (Phi) is 10.3. The highest BCUT2D eigenvalue weighted by atomic mass is 16.5. The predicted octanol–water partition coefficient (Wildman–Crippen LogP) is 3.09. The molecule has 1 N–H and O–H groups in total. The summed E-state index contributed by atoms with van der Waals surface area (Å²) in [6.45, 7) is 5.39. The van der Waals surface area contributed by atoms with Crippen LogP contribution >= 0.6 is 0 Å². The normalized spacial score (nSPS) is 24.6. The molecule has 11 heteroatoms. The second kappa shape index (κ2) is 14.7. The number of methoxy groups -OCH3 is 2. The fourth-order valence-corrected chi connectivity index (χ4v) is 7.74. The quantitative estimate of drug-likeness (QED) is 0.547. The summed E-state index contributed by atoms with van der Waals surface area (Å²) in [5.74, 6) is 2.77. The van der Waals surface area contributed by atoms with E-state index in [0.717, 1.165) is 55.7 Å². The lowest BCUT2D eigenvalue weighted by molar-refractivity contribution is -0.140. The third kappa shape index (κ3) is 7.24. The number of benzene rings is 1. The molecule has 3 fully saturated rings. The minimum Gasteiger partial charge on any atom is -0.493 e. The predicted molar refractivity (Wildman–Crippen MR) is 173 cm³/mol. The number of nitrogens with zero attached hydrogens (tertiary/aromatic N) is 4. The van der Waals surface area contributed by atoms with Crippen molar-refractivity contribution >= 4 is 23.5 Å². The van der Waals surface area contributed by atoms with E-state index in [1.54, 1.807) is 20.4 Å². The van der Waals surface area contributed by atoms with Gasteiger partial charge >= 0.3 is 0 Å². The highest BCUT2D eigenvalue weighted by Crippen LogP contribution is 2.37. The first kappa shape index (κ1) is 32.1. The maximum Gasteiger partial charge on any atom is 0.255 e. The average Bonchev–Trinajstić information content (AvgIpc) is 3.09. The van der Waals surface area contributed by atoms with Crippen molar-refractivity contribution in [3.8, 4) is 11.5 Å². The van der Waals surface area contributed by atoms with Crippen molar-refractivity contribution < 1.29 is 28.6 Å². The summed E-state index contributed by atoms with van der Waals surface area (Å²) in [5.41, 5.74) is 2.65. The molecule has 2 aromatic rings. The SMILES string of the molecule is COc1cc2cc(c1OC)CCCNC(=O)CCC[C@H]1[C@H]3C[C@@H](CN(C(=O)c4ccc(N5CCOCC5)nc4)C3)CN1C(=O)CC2. The number of anilines is 1. The molecule has 4 bridgehead atoms. The number of nitrogens with one attached hydrogen (secondary N) is 1. The number of carbonyl (C=O) groups excluding carboxylic acids is 3. The van der Waals surface area contributed by atoms with Gasteiger partial charge in [-0.05, 0) is 79.7 Å². The van der Waals surface area contributed by atoms with E-state index in [-0.39, 0.29) is 35.6 Å². The van der Waals surface area contributed by atoms with Gasteiger partial charge in [-0.15, -0.1) is 0 Å². The van der Waals surface area contributed by atoms with Crippen LogP contribution in [0.15, 0.2) is 30.5 Å². The maximum absolute atomic E-state index is 13.9. The molecule has 0 aliphatic carbocycles. The number of rotatable bonds is 4. The molecular formula is C35H47N5O6. The van der Waals surface area contributed by atoms with E-state index in [4.69, 9.17) is 14.2 Å². The van der Waals surface area contributed by atoms with Crippen molar-refractivity contribution in [2.75, 3.05) is 71.6 Å². The summed E-state index contributed by atoms with van der Waals surface area (Å²) >= 11 is 0. The first-order chi connectivity index (χ1) is 22.4. The van der Waals surface area contributed by atoms with Gasteiger partial charge in [-0.3, -0.25) is 14.4 Å². The van der Waals surface area contributed by atoms with Crippen LogP contribution in [0.25, 0.3) is 0 Å². The fraction of sp³-hybridized carbons (Fsp3) is 0.600. The molecule has 4 aliphatic heterocycles. The molecule has 11 nitrogen and oxygen atoms in total. The number of hydrogen-bond donors (Lipinski definition) is 1. The largest absolute Gasteiger partial charge is 0.493 e. The van der Waals surface area contributed by atoms with Crippen LogP contribution in [-0.2, 0) is 27.2 Å². The molecule has 6 rings (SSSR count). The van der Waals surface area contributed by atoms with Crippen LogP contribution in [-0.4, -0.2) is 105 Å². The molecule has 3 amide bonds. The van der Waals surface area contributed by atoms with Gasteiger partial charge in [0.05, 0.1) is 33.0 Å². The van der Waals surface area contributed by atoms with Crippen molar-refractivity contribution in [2.24, 2.45) is 11.8 Å². The number of aromatic nitrogens is 1. The molecule has 4 aliphatic rings. The van der Waals surface area contributed by atoms with Crippen LogP contribution in [0.2, 0.25) is 0 Å². The lowest BCUT2D eigenvalue weighted by Gasteiger charge is -2.51. The Morgan fingerprint density at radius 3 is 2.59 bits per heavy atom. The number of carbonyl (C=O) groups is 3. The summed E-state index contributed by atoms with van der Waals surface area (Å²) in [4.78, 5) is 51.2. The number of hydrogen-bond acceptors (Lipinski definition) is 8. The van der Waals surface area contributed by atoms with Crippen LogP contribution in [0.4, 0.5) is 5.82 Å². The maximum atomic E-state index is 13.9. The van der Waals surface area contributed by atoms with Gasteiger partial charge in [-0.2, -0.15) is 0 Å². The summed E-state index contributed by atoms with van der Waals surface area (Å²) in [7, 11) is 3.27. The topological polar surface area (TPSA) is 114 Å². The van der Waals surface area contributed by atoms with E-state index in [2.05, 4.69) is 26.2 Å². The Balaban J connectivity index is 1.18. The summed E-state index contributed by atoms with van der Waals surface area (Å²) < 4.78 is 16.8. The number of aryl methyl sites for hydroxylation is 2. The first-order valence-electron chi connectivity index (χ1n) is 16.8. The van der Waals surface area contributed by atoms with E-state index in [1.807, 2.05) is 23.1 Å². The number of piperidine rings is 2. The van der Waals surface area contributed by atoms with Crippen LogP contribution in [0.1, 0.15) is 60.0 Å². The van der Waals surface area contributed by atoms with Crippen LogP contribution in [0.5, 0.6) is 11.5 Å². The Labute approximate surface area is 271 Å². The molecule has 248 valence electrons. The van der Waals surface area contributed by atoms with Crippen molar-refractivity contribution in [1.82, 2.24) is 20.1 Å². The third-order valence-electron chi connectivity index (χ3n) is 10.00. The first-order valence-corrected chi connectivity index (χ1v) is 16.8. The number of ether oxygens (including phenoxy) is 3. The van der Waals surface area contributed by atoms with Crippen molar-refractivity contribution in [3.05, 3.63) is 47.2 Å². The van der Waals surface area contributed by atoms with E-state index >= 15 is 0 Å². The second-order valence-electron chi connectivity index (χ2n) is 13.0. The summed E-state index contributed by atoms with van der Waals surface area (Å²) in [6.07, 6.45) is 7.07. The monoisotopic (exact) mass is 633 g/mol. The number of pyridine rings is 1. The van der Waals surface area contributed by atoms with Gasteiger partial charge in [0.25, 0.3) is 5.91 Å². The average molecular weight is 634 g/mol. The van der Waals surface area contributed by atoms with Crippen molar-refractivity contribution in [1.29, 1.82) is 0 Å². The van der Waals surface area contributed by atoms with Gasteiger partial charge in [0.2, 0.25) is 11.8 Å².